The standard InChI is InChI=1S/C14H17NO/c1-9-10(2)15(11-4-5-11)14-7-6-12(16-3)8-13(9)14/h6-8,11H,4-5H2,1-3H3. The Balaban J connectivity index is 2.30. The van der Waals surface area contributed by atoms with Gasteiger partial charge in [0.1, 0.15) is 5.75 Å². The first kappa shape index (κ1) is 9.76. The molecule has 3 rings (SSSR count). The largest absolute Gasteiger partial charge is 0.497 e. The zero-order chi connectivity index (χ0) is 11.3. The SMILES string of the molecule is COc1ccc2c(c1)c(C)c(C)n2C1CC1. The highest BCUT2D eigenvalue weighted by atomic mass is 16.5. The zero-order valence-electron chi connectivity index (χ0n) is 10.1. The minimum absolute atomic E-state index is 0.740. The number of nitrogens with zero attached hydrogens (tertiary/aromatic N) is 1. The summed E-state index contributed by atoms with van der Waals surface area (Å²) in [5, 5.41) is 1.34. The van der Waals surface area contributed by atoms with Crippen LogP contribution in [0.5, 0.6) is 5.75 Å². The summed E-state index contributed by atoms with van der Waals surface area (Å²) in [6.45, 7) is 4.43. The maximum Gasteiger partial charge on any atom is 0.119 e. The first-order chi connectivity index (χ1) is 7.72. The molecule has 16 heavy (non-hydrogen) atoms. The summed E-state index contributed by atoms with van der Waals surface area (Å²) in [7, 11) is 1.72. The van der Waals surface area contributed by atoms with Crippen molar-refractivity contribution in [1.29, 1.82) is 0 Å². The molecule has 1 saturated carbocycles. The molecule has 1 aliphatic rings. The Labute approximate surface area is 95.8 Å². The van der Waals surface area contributed by atoms with Crippen LogP contribution in [0.1, 0.15) is 30.1 Å². The van der Waals surface area contributed by atoms with Gasteiger partial charge in [0.25, 0.3) is 0 Å². The molecular formula is C14H17NO. The molecule has 0 bridgehead atoms. The van der Waals surface area contributed by atoms with Gasteiger partial charge in [-0.1, -0.05) is 0 Å². The molecular weight excluding hydrogens is 198 g/mol. The summed E-state index contributed by atoms with van der Waals surface area (Å²) < 4.78 is 7.78. The third-order valence-electron chi connectivity index (χ3n) is 3.68. The van der Waals surface area contributed by atoms with Crippen LogP contribution >= 0.6 is 0 Å². The Morgan fingerprint density at radius 2 is 2.00 bits per heavy atom. The van der Waals surface area contributed by atoms with Crippen molar-refractivity contribution in [3.63, 3.8) is 0 Å². The molecule has 1 heterocycles. The lowest BCUT2D eigenvalue weighted by Gasteiger charge is -2.06. The second kappa shape index (κ2) is 3.27. The Hall–Kier alpha value is -1.44. The number of aryl methyl sites for hydroxylation is 1. The van der Waals surface area contributed by atoms with Crippen molar-refractivity contribution in [2.75, 3.05) is 7.11 Å². The number of ether oxygens (including phenoxy) is 1. The Morgan fingerprint density at radius 1 is 1.25 bits per heavy atom. The topological polar surface area (TPSA) is 14.2 Å². The minimum Gasteiger partial charge on any atom is -0.497 e. The Kier molecular flexibility index (Phi) is 2.00. The van der Waals surface area contributed by atoms with Gasteiger partial charge in [0.05, 0.1) is 7.11 Å². The van der Waals surface area contributed by atoms with Gasteiger partial charge in [0.15, 0.2) is 0 Å². The van der Waals surface area contributed by atoms with E-state index in [0.29, 0.717) is 0 Å². The third-order valence-corrected chi connectivity index (χ3v) is 3.68. The van der Waals surface area contributed by atoms with Gasteiger partial charge < -0.3 is 9.30 Å². The van der Waals surface area contributed by atoms with E-state index in [1.165, 1.54) is 35.0 Å². The van der Waals surface area contributed by atoms with Crippen LogP contribution in [0, 0.1) is 13.8 Å². The van der Waals surface area contributed by atoms with Crippen molar-refractivity contribution in [2.24, 2.45) is 0 Å². The fourth-order valence-corrected chi connectivity index (χ4v) is 2.51. The maximum absolute atomic E-state index is 5.29. The van der Waals surface area contributed by atoms with Crippen molar-refractivity contribution in [2.45, 2.75) is 32.7 Å². The van der Waals surface area contributed by atoms with Crippen LogP contribution in [0.3, 0.4) is 0 Å². The molecule has 0 aliphatic heterocycles. The molecule has 1 fully saturated rings. The first-order valence-electron chi connectivity index (χ1n) is 5.87. The van der Waals surface area contributed by atoms with Crippen LogP contribution in [0.15, 0.2) is 18.2 Å². The van der Waals surface area contributed by atoms with E-state index in [2.05, 4.69) is 36.6 Å². The van der Waals surface area contributed by atoms with Crippen LogP contribution in [-0.4, -0.2) is 11.7 Å². The average Bonchev–Trinajstić information content (AvgIpc) is 3.09. The van der Waals surface area contributed by atoms with E-state index in [9.17, 15) is 0 Å². The number of benzene rings is 1. The average molecular weight is 215 g/mol. The molecule has 0 unspecified atom stereocenters. The van der Waals surface area contributed by atoms with Gasteiger partial charge in [0, 0.05) is 22.6 Å². The summed E-state index contributed by atoms with van der Waals surface area (Å²) >= 11 is 0. The van der Waals surface area contributed by atoms with Gasteiger partial charge in [-0.3, -0.25) is 0 Å². The molecule has 2 nitrogen and oxygen atoms in total. The summed E-state index contributed by atoms with van der Waals surface area (Å²) in [5.74, 6) is 0.948. The zero-order valence-corrected chi connectivity index (χ0v) is 10.1. The predicted molar refractivity (Wildman–Crippen MR) is 66.2 cm³/mol. The van der Waals surface area contributed by atoms with Gasteiger partial charge in [-0.25, -0.2) is 0 Å². The van der Waals surface area contributed by atoms with Crippen molar-refractivity contribution >= 4 is 10.9 Å². The molecule has 0 saturated heterocycles. The highest BCUT2D eigenvalue weighted by Crippen LogP contribution is 2.41. The van der Waals surface area contributed by atoms with Crippen molar-refractivity contribution in [3.05, 3.63) is 29.5 Å². The van der Waals surface area contributed by atoms with Gasteiger partial charge in [-0.15, -0.1) is 0 Å². The van der Waals surface area contributed by atoms with Gasteiger partial charge >= 0.3 is 0 Å². The van der Waals surface area contributed by atoms with Crippen LogP contribution in [0.25, 0.3) is 10.9 Å². The smallest absolute Gasteiger partial charge is 0.119 e. The first-order valence-corrected chi connectivity index (χ1v) is 5.87. The van der Waals surface area contributed by atoms with Crippen LogP contribution < -0.4 is 4.74 Å². The van der Waals surface area contributed by atoms with Gasteiger partial charge in [-0.2, -0.15) is 0 Å². The number of hydrogen-bond donors (Lipinski definition) is 0. The van der Waals surface area contributed by atoms with Crippen LogP contribution in [0.2, 0.25) is 0 Å². The second-order valence-corrected chi connectivity index (χ2v) is 4.69. The molecule has 0 amide bonds. The Morgan fingerprint density at radius 3 is 2.62 bits per heavy atom. The molecule has 2 aromatic rings. The summed E-state index contributed by atoms with van der Waals surface area (Å²) in [4.78, 5) is 0. The number of rotatable bonds is 2. The fourth-order valence-electron chi connectivity index (χ4n) is 2.51. The lowest BCUT2D eigenvalue weighted by molar-refractivity contribution is 0.415. The van der Waals surface area contributed by atoms with E-state index in [1.807, 2.05) is 0 Å². The molecule has 1 aliphatic carbocycles. The summed E-state index contributed by atoms with van der Waals surface area (Å²) in [6, 6.07) is 7.13. The van der Waals surface area contributed by atoms with Crippen LogP contribution in [0.4, 0.5) is 0 Å². The molecule has 0 N–H and O–H groups in total. The van der Waals surface area contributed by atoms with Crippen LogP contribution in [-0.2, 0) is 0 Å². The third kappa shape index (κ3) is 1.26. The number of methoxy groups -OCH3 is 1. The molecule has 0 atom stereocenters. The second-order valence-electron chi connectivity index (χ2n) is 4.69. The summed E-state index contributed by atoms with van der Waals surface area (Å²) in [5.41, 5.74) is 4.16. The van der Waals surface area contributed by atoms with E-state index in [0.717, 1.165) is 11.8 Å². The van der Waals surface area contributed by atoms with E-state index in [-0.39, 0.29) is 0 Å². The Bertz CT molecular complexity index is 549. The molecule has 2 heteroatoms. The van der Waals surface area contributed by atoms with E-state index in [4.69, 9.17) is 4.74 Å². The normalized spacial score (nSPS) is 15.7. The van der Waals surface area contributed by atoms with Crippen molar-refractivity contribution in [3.8, 4) is 5.75 Å². The molecule has 0 spiro atoms. The van der Waals surface area contributed by atoms with E-state index >= 15 is 0 Å². The monoisotopic (exact) mass is 215 g/mol. The lowest BCUT2D eigenvalue weighted by atomic mass is 10.1. The molecule has 0 radical (unpaired) electrons. The maximum atomic E-state index is 5.29. The highest BCUT2D eigenvalue weighted by molar-refractivity contribution is 5.86. The molecule has 1 aromatic carbocycles. The highest BCUT2D eigenvalue weighted by Gasteiger charge is 2.27. The lowest BCUT2D eigenvalue weighted by Crippen LogP contribution is -1.96. The van der Waals surface area contributed by atoms with E-state index < -0.39 is 0 Å². The van der Waals surface area contributed by atoms with Crippen molar-refractivity contribution < 1.29 is 4.74 Å². The molecule has 84 valence electrons. The number of aromatic nitrogens is 1. The quantitative estimate of drug-likeness (QED) is 0.746. The summed E-state index contributed by atoms with van der Waals surface area (Å²) in [6.07, 6.45) is 2.66. The minimum atomic E-state index is 0.740. The molecule has 1 aromatic heterocycles. The predicted octanol–water partition coefficient (Wildman–Crippen LogP) is 3.60. The van der Waals surface area contributed by atoms with Crippen molar-refractivity contribution in [1.82, 2.24) is 4.57 Å². The van der Waals surface area contributed by atoms with E-state index in [1.54, 1.807) is 7.11 Å². The van der Waals surface area contributed by atoms with Gasteiger partial charge in [-0.05, 0) is 50.5 Å². The fraction of sp³-hybridized carbons (Fsp3) is 0.429. The number of hydrogen-bond acceptors (Lipinski definition) is 1. The van der Waals surface area contributed by atoms with Gasteiger partial charge in [0.2, 0.25) is 0 Å². The number of fused-ring (bicyclic) bond motifs is 1.